The number of H-pyrrole nitrogens is 1. The zero-order chi connectivity index (χ0) is 24.3. The van der Waals surface area contributed by atoms with Gasteiger partial charge in [0.2, 0.25) is 0 Å². The van der Waals surface area contributed by atoms with Gasteiger partial charge in [-0.3, -0.25) is 25.0 Å². The number of benzene rings is 2. The fourth-order valence-electron chi connectivity index (χ4n) is 2.81. The molecule has 172 valence electrons. The van der Waals surface area contributed by atoms with Crippen LogP contribution in [0.4, 0.5) is 11.4 Å². The predicted octanol–water partition coefficient (Wildman–Crippen LogP) is 2.11. The number of hydrogen-bond donors (Lipinski definition) is 2. The van der Waals surface area contributed by atoms with Gasteiger partial charge in [-0.1, -0.05) is 0 Å². The van der Waals surface area contributed by atoms with Crippen molar-refractivity contribution in [1.82, 2.24) is 9.78 Å². The van der Waals surface area contributed by atoms with Gasteiger partial charge in [-0.2, -0.15) is 0 Å². The molecular formula is C20H18N4O8S. The molecule has 1 heterocycles. The second-order valence-corrected chi connectivity index (χ2v) is 8.73. The molecule has 0 unspecified atom stereocenters. The van der Waals surface area contributed by atoms with Gasteiger partial charge in [-0.05, 0) is 37.3 Å². The summed E-state index contributed by atoms with van der Waals surface area (Å²) in [7, 11) is -3.58. The average molecular weight is 474 g/mol. The molecule has 0 amide bonds. The van der Waals surface area contributed by atoms with E-state index in [-0.39, 0.29) is 45.6 Å². The number of carbonyl (C=O) groups is 1. The summed E-state index contributed by atoms with van der Waals surface area (Å²) in [4.78, 5) is 39.5. The largest absolute Gasteiger partial charge is 0.506 e. The van der Waals surface area contributed by atoms with Crippen molar-refractivity contribution in [3.05, 3.63) is 74.2 Å². The first kappa shape index (κ1) is 23.4. The molecule has 33 heavy (non-hydrogen) atoms. The van der Waals surface area contributed by atoms with E-state index in [1.807, 2.05) is 0 Å². The minimum atomic E-state index is -3.58. The van der Waals surface area contributed by atoms with Gasteiger partial charge in [0, 0.05) is 24.6 Å². The first-order chi connectivity index (χ1) is 15.5. The van der Waals surface area contributed by atoms with Crippen LogP contribution in [0.15, 0.2) is 57.1 Å². The Bertz CT molecular complexity index is 1420. The van der Waals surface area contributed by atoms with Crippen molar-refractivity contribution < 1.29 is 28.0 Å². The number of aromatic amines is 1. The SMILES string of the molecule is CCOC(=O)c1[nH]n(-c2ccc([N+](=O)[O-])cc2)c(=O)c1C=Nc1cc(S(C)(=O)=O)ccc1O. The lowest BCUT2D eigenvalue weighted by atomic mass is 10.2. The zero-order valence-corrected chi connectivity index (χ0v) is 18.2. The molecule has 0 fully saturated rings. The number of nitrogens with one attached hydrogen (secondary N) is 1. The van der Waals surface area contributed by atoms with Gasteiger partial charge >= 0.3 is 5.97 Å². The van der Waals surface area contributed by atoms with E-state index in [9.17, 15) is 33.2 Å². The Balaban J connectivity index is 2.12. The number of sulfone groups is 1. The molecule has 2 N–H and O–H groups in total. The van der Waals surface area contributed by atoms with E-state index in [0.29, 0.717) is 0 Å². The highest BCUT2D eigenvalue weighted by Gasteiger charge is 2.21. The summed E-state index contributed by atoms with van der Waals surface area (Å²) in [6.07, 6.45) is 1.98. The normalized spacial score (nSPS) is 11.6. The summed E-state index contributed by atoms with van der Waals surface area (Å²) in [6, 6.07) is 8.46. The zero-order valence-electron chi connectivity index (χ0n) is 17.4. The summed E-state index contributed by atoms with van der Waals surface area (Å²) >= 11 is 0. The Morgan fingerprint density at radius 3 is 2.52 bits per heavy atom. The van der Waals surface area contributed by atoms with E-state index in [1.54, 1.807) is 6.92 Å². The smallest absolute Gasteiger partial charge is 0.357 e. The second-order valence-electron chi connectivity index (χ2n) is 6.72. The number of phenols is 1. The highest BCUT2D eigenvalue weighted by atomic mass is 32.2. The van der Waals surface area contributed by atoms with Gasteiger partial charge in [-0.15, -0.1) is 0 Å². The molecule has 12 nitrogen and oxygen atoms in total. The van der Waals surface area contributed by atoms with Crippen LogP contribution in [0, 0.1) is 10.1 Å². The molecule has 0 saturated heterocycles. The summed E-state index contributed by atoms with van der Waals surface area (Å²) in [5.74, 6) is -1.20. The quantitative estimate of drug-likeness (QED) is 0.226. The van der Waals surface area contributed by atoms with Crippen LogP contribution in [0.1, 0.15) is 23.0 Å². The Kier molecular flexibility index (Phi) is 6.44. The molecule has 1 aromatic heterocycles. The molecule has 0 spiro atoms. The van der Waals surface area contributed by atoms with Crippen LogP contribution < -0.4 is 5.56 Å². The van der Waals surface area contributed by atoms with Crippen molar-refractivity contribution >= 4 is 33.4 Å². The Morgan fingerprint density at radius 1 is 1.27 bits per heavy atom. The highest BCUT2D eigenvalue weighted by molar-refractivity contribution is 7.90. The number of esters is 1. The molecule has 0 atom stereocenters. The first-order valence-corrected chi connectivity index (χ1v) is 11.3. The molecule has 0 radical (unpaired) electrons. The van der Waals surface area contributed by atoms with Gasteiger partial charge in [0.1, 0.15) is 11.4 Å². The van der Waals surface area contributed by atoms with Crippen molar-refractivity contribution in [2.75, 3.05) is 12.9 Å². The van der Waals surface area contributed by atoms with E-state index in [1.165, 1.54) is 30.3 Å². The number of hydrogen-bond acceptors (Lipinski definition) is 9. The fraction of sp³-hybridized carbons (Fsp3) is 0.150. The van der Waals surface area contributed by atoms with Crippen molar-refractivity contribution in [3.8, 4) is 11.4 Å². The van der Waals surface area contributed by atoms with Gasteiger partial charge in [0.25, 0.3) is 11.2 Å². The fourth-order valence-corrected chi connectivity index (χ4v) is 3.45. The summed E-state index contributed by atoms with van der Waals surface area (Å²) in [5, 5.41) is 23.5. The van der Waals surface area contributed by atoms with Crippen LogP contribution >= 0.6 is 0 Å². The summed E-state index contributed by atoms with van der Waals surface area (Å²) in [6.45, 7) is 1.60. The Labute approximate surface area is 186 Å². The average Bonchev–Trinajstić information content (AvgIpc) is 3.09. The Morgan fingerprint density at radius 2 is 1.94 bits per heavy atom. The van der Waals surface area contributed by atoms with Crippen LogP contribution in [0.3, 0.4) is 0 Å². The van der Waals surface area contributed by atoms with Gasteiger partial charge < -0.3 is 9.84 Å². The molecule has 13 heteroatoms. The number of rotatable bonds is 7. The molecule has 3 aromatic rings. The number of nitro groups is 1. The topological polar surface area (TPSA) is 174 Å². The predicted molar refractivity (Wildman–Crippen MR) is 117 cm³/mol. The van der Waals surface area contributed by atoms with Crippen LogP contribution in [-0.4, -0.2) is 53.3 Å². The minimum Gasteiger partial charge on any atom is -0.506 e. The van der Waals surface area contributed by atoms with Crippen molar-refractivity contribution in [3.63, 3.8) is 0 Å². The van der Waals surface area contributed by atoms with Crippen LogP contribution in [0.25, 0.3) is 5.69 Å². The lowest BCUT2D eigenvalue weighted by molar-refractivity contribution is -0.384. The number of aromatic hydroxyl groups is 1. The number of nitrogens with zero attached hydrogens (tertiary/aromatic N) is 3. The third-order valence-electron chi connectivity index (χ3n) is 4.43. The van der Waals surface area contributed by atoms with Gasteiger partial charge in [0.15, 0.2) is 15.5 Å². The van der Waals surface area contributed by atoms with Crippen LogP contribution in [-0.2, 0) is 14.6 Å². The maximum absolute atomic E-state index is 13.0. The van der Waals surface area contributed by atoms with Crippen molar-refractivity contribution in [2.24, 2.45) is 4.99 Å². The maximum atomic E-state index is 13.0. The molecular weight excluding hydrogens is 456 g/mol. The van der Waals surface area contributed by atoms with Crippen LogP contribution in [0.5, 0.6) is 5.75 Å². The standard InChI is InChI=1S/C20H18N4O8S/c1-3-32-20(27)18-15(11-21-16-10-14(33(2,30)31)8-9-17(16)25)19(26)23(22-18)12-4-6-13(7-5-12)24(28)29/h4-11,22,25H,3H2,1-2H3. The minimum absolute atomic E-state index is 0.0252. The van der Waals surface area contributed by atoms with Crippen molar-refractivity contribution in [1.29, 1.82) is 0 Å². The Hall–Kier alpha value is -4.26. The molecule has 0 aliphatic carbocycles. The van der Waals surface area contributed by atoms with Gasteiger partial charge in [-0.25, -0.2) is 17.9 Å². The summed E-state index contributed by atoms with van der Waals surface area (Å²) in [5.41, 5.74) is -1.33. The molecule has 0 bridgehead atoms. The lowest BCUT2D eigenvalue weighted by Crippen LogP contribution is -2.17. The molecule has 3 rings (SSSR count). The number of non-ortho nitro benzene ring substituents is 1. The molecule has 0 aliphatic rings. The van der Waals surface area contributed by atoms with Crippen molar-refractivity contribution in [2.45, 2.75) is 11.8 Å². The third-order valence-corrected chi connectivity index (χ3v) is 5.54. The molecule has 0 aliphatic heterocycles. The third kappa shape index (κ3) is 4.98. The number of phenolic OH excluding ortho intramolecular Hbond substituents is 1. The second kappa shape index (κ2) is 9.08. The number of ether oxygens (including phenoxy) is 1. The monoisotopic (exact) mass is 474 g/mol. The van der Waals surface area contributed by atoms with E-state index in [4.69, 9.17) is 4.74 Å². The maximum Gasteiger partial charge on any atom is 0.357 e. The highest BCUT2D eigenvalue weighted by Crippen LogP contribution is 2.29. The van der Waals surface area contributed by atoms with Gasteiger partial charge in [0.05, 0.1) is 27.7 Å². The summed E-state index contributed by atoms with van der Waals surface area (Å²) < 4.78 is 29.5. The lowest BCUT2D eigenvalue weighted by Gasteiger charge is -2.03. The molecule has 0 saturated carbocycles. The molecule has 2 aromatic carbocycles. The van der Waals surface area contributed by atoms with E-state index < -0.39 is 26.3 Å². The van der Waals surface area contributed by atoms with E-state index in [2.05, 4.69) is 10.1 Å². The number of carbonyl (C=O) groups excluding carboxylic acids is 1. The van der Waals surface area contributed by atoms with E-state index in [0.717, 1.165) is 29.3 Å². The number of aromatic nitrogens is 2. The number of aliphatic imine (C=N–C) groups is 1. The van der Waals surface area contributed by atoms with E-state index >= 15 is 0 Å². The number of nitro benzene ring substituents is 1. The van der Waals surface area contributed by atoms with Crippen LogP contribution in [0.2, 0.25) is 0 Å². The first-order valence-electron chi connectivity index (χ1n) is 9.37.